The molecule has 0 aromatic heterocycles. The van der Waals surface area contributed by atoms with Crippen LogP contribution in [0, 0.1) is 6.92 Å². The van der Waals surface area contributed by atoms with Gasteiger partial charge in [-0.15, -0.1) is 0 Å². The minimum Gasteiger partial charge on any atom is -0.490 e. The molecule has 0 amide bonds. The molecule has 12 heteroatoms. The van der Waals surface area contributed by atoms with Crippen molar-refractivity contribution in [1.29, 1.82) is 0 Å². The molecule has 0 radical (unpaired) electrons. The molecular formula is C32H50N2O10. The highest BCUT2D eigenvalue weighted by atomic mass is 16.6. The maximum absolute atomic E-state index is 6.37. The maximum atomic E-state index is 6.37. The highest BCUT2D eigenvalue weighted by molar-refractivity contribution is 5.44. The van der Waals surface area contributed by atoms with Gasteiger partial charge in [0.25, 0.3) is 0 Å². The van der Waals surface area contributed by atoms with Crippen LogP contribution in [0.1, 0.15) is 16.7 Å². The van der Waals surface area contributed by atoms with Crippen molar-refractivity contribution in [2.24, 2.45) is 0 Å². The van der Waals surface area contributed by atoms with Gasteiger partial charge in [0.1, 0.15) is 42.9 Å². The first-order chi connectivity index (χ1) is 21.7. The zero-order valence-electron chi connectivity index (χ0n) is 26.2. The van der Waals surface area contributed by atoms with E-state index >= 15 is 0 Å². The number of rotatable bonds is 27. The Morgan fingerprint density at radius 1 is 0.568 bits per heavy atom. The first-order valence-electron chi connectivity index (χ1n) is 16.3. The van der Waals surface area contributed by atoms with Gasteiger partial charge in [0, 0.05) is 44.8 Å². The second-order valence-electron chi connectivity index (χ2n) is 12.3. The van der Waals surface area contributed by atoms with Gasteiger partial charge in [-0.3, -0.25) is 9.80 Å². The summed E-state index contributed by atoms with van der Waals surface area (Å²) in [5.41, 5.74) is 3.54. The molecule has 12 nitrogen and oxygen atoms in total. The summed E-state index contributed by atoms with van der Waals surface area (Å²) in [6.07, 6.45) is 1.25. The molecule has 5 aliphatic heterocycles. The highest BCUT2D eigenvalue weighted by Gasteiger charge is 2.27. The molecule has 0 spiro atoms. The van der Waals surface area contributed by atoms with Crippen LogP contribution in [0.4, 0.5) is 0 Å². The van der Waals surface area contributed by atoms with E-state index < -0.39 is 0 Å². The van der Waals surface area contributed by atoms with E-state index in [0.29, 0.717) is 59.5 Å². The summed E-state index contributed by atoms with van der Waals surface area (Å²) in [4.78, 5) is 4.79. The molecular weight excluding hydrogens is 572 g/mol. The summed E-state index contributed by atoms with van der Waals surface area (Å²) in [7, 11) is 0. The number of ether oxygens (including phenoxy) is 10. The van der Waals surface area contributed by atoms with Gasteiger partial charge in [-0.2, -0.15) is 0 Å². The zero-order valence-corrected chi connectivity index (χ0v) is 26.2. The average molecular weight is 623 g/mol. The van der Waals surface area contributed by atoms with E-state index in [1.54, 1.807) is 0 Å². The quantitative estimate of drug-likeness (QED) is 0.103. The molecule has 5 saturated heterocycles. The molecule has 0 aliphatic carbocycles. The molecule has 0 saturated carbocycles. The normalized spacial score (nSPS) is 26.4. The Labute approximate surface area is 261 Å². The van der Waals surface area contributed by atoms with Gasteiger partial charge in [-0.1, -0.05) is 6.07 Å². The molecule has 5 aliphatic rings. The minimum atomic E-state index is 0.187. The Bertz CT molecular complexity index is 957. The van der Waals surface area contributed by atoms with E-state index in [0.717, 1.165) is 83.6 Å². The van der Waals surface area contributed by atoms with Crippen molar-refractivity contribution in [3.8, 4) is 5.75 Å². The molecule has 0 N–H and O–H groups in total. The third-order valence-electron chi connectivity index (χ3n) is 8.06. The summed E-state index contributed by atoms with van der Waals surface area (Å²) < 4.78 is 56.6. The molecule has 0 bridgehead atoms. The second-order valence-corrected chi connectivity index (χ2v) is 12.3. The Hall–Kier alpha value is -1.42. The molecule has 1 aromatic carbocycles. The summed E-state index contributed by atoms with van der Waals surface area (Å²) in [6, 6.07) is 4.55. The lowest BCUT2D eigenvalue weighted by atomic mass is 10.0. The molecule has 5 fully saturated rings. The lowest BCUT2D eigenvalue weighted by Gasteiger charge is -2.26. The van der Waals surface area contributed by atoms with Crippen molar-refractivity contribution in [3.05, 3.63) is 28.8 Å². The third-order valence-corrected chi connectivity index (χ3v) is 8.06. The van der Waals surface area contributed by atoms with Gasteiger partial charge in [0.05, 0.1) is 85.9 Å². The van der Waals surface area contributed by atoms with Crippen LogP contribution in [-0.2, 0) is 55.7 Å². The van der Waals surface area contributed by atoms with Gasteiger partial charge in [0.15, 0.2) is 0 Å². The molecule has 6 rings (SSSR count). The SMILES string of the molecule is Cc1cc(CN(CCOCC2CO2)CCOCC2CO2)cc(CN(CCOCC2CO2)CCOCC2CO2)c1OCC1CO1. The van der Waals surface area contributed by atoms with Crippen molar-refractivity contribution in [2.75, 3.05) is 119 Å². The second kappa shape index (κ2) is 16.9. The number of benzene rings is 1. The van der Waals surface area contributed by atoms with Crippen LogP contribution in [-0.4, -0.2) is 159 Å². The van der Waals surface area contributed by atoms with Gasteiger partial charge >= 0.3 is 0 Å². The fourth-order valence-corrected chi connectivity index (χ4v) is 5.01. The Kier molecular flexibility index (Phi) is 12.5. The van der Waals surface area contributed by atoms with Crippen LogP contribution in [0.3, 0.4) is 0 Å². The lowest BCUT2D eigenvalue weighted by Crippen LogP contribution is -2.32. The smallest absolute Gasteiger partial charge is 0.126 e. The topological polar surface area (TPSA) is 115 Å². The summed E-state index contributed by atoms with van der Waals surface area (Å²) in [5, 5.41) is 0. The summed E-state index contributed by atoms with van der Waals surface area (Å²) >= 11 is 0. The standard InChI is InChI=1S/C32H50N2O10/c1-24-10-25(12-33(2-6-35-14-27-18-39-27)3-7-36-15-28-19-40-28)11-26(32(24)44-23-31-22-43-31)13-34(4-8-37-16-29-20-41-29)5-9-38-17-30-21-42-30/h10-11,27-31H,2-9,12-23H2,1H3. The van der Waals surface area contributed by atoms with Gasteiger partial charge in [0.2, 0.25) is 0 Å². The number of epoxide rings is 5. The summed E-state index contributed by atoms with van der Waals surface area (Å²) in [5.74, 6) is 0.945. The number of nitrogens with zero attached hydrogens (tertiary/aromatic N) is 2. The lowest BCUT2D eigenvalue weighted by molar-refractivity contribution is 0.0611. The van der Waals surface area contributed by atoms with Crippen molar-refractivity contribution in [2.45, 2.75) is 50.5 Å². The molecule has 1 aromatic rings. The highest BCUT2D eigenvalue weighted by Crippen LogP contribution is 2.29. The van der Waals surface area contributed by atoms with Crippen LogP contribution in [0.2, 0.25) is 0 Å². The van der Waals surface area contributed by atoms with E-state index in [2.05, 4.69) is 28.9 Å². The number of aryl methyl sites for hydroxylation is 1. The van der Waals surface area contributed by atoms with Crippen LogP contribution < -0.4 is 4.74 Å². The van der Waals surface area contributed by atoms with E-state index in [1.165, 1.54) is 11.1 Å². The van der Waals surface area contributed by atoms with Crippen LogP contribution >= 0.6 is 0 Å². The Morgan fingerprint density at radius 2 is 0.955 bits per heavy atom. The van der Waals surface area contributed by atoms with Crippen molar-refractivity contribution >= 4 is 0 Å². The average Bonchev–Trinajstić information content (AvgIpc) is 3.81. The van der Waals surface area contributed by atoms with Gasteiger partial charge < -0.3 is 47.4 Å². The maximum Gasteiger partial charge on any atom is 0.126 e. The van der Waals surface area contributed by atoms with Gasteiger partial charge in [-0.25, -0.2) is 0 Å². The first kappa shape index (κ1) is 32.5. The molecule has 248 valence electrons. The monoisotopic (exact) mass is 622 g/mol. The predicted octanol–water partition coefficient (Wildman–Crippen LogP) is 1.04. The van der Waals surface area contributed by atoms with E-state index in [9.17, 15) is 0 Å². The largest absolute Gasteiger partial charge is 0.490 e. The summed E-state index contributed by atoms with van der Waals surface area (Å²) in [6.45, 7) is 16.7. The molecule has 5 heterocycles. The van der Waals surface area contributed by atoms with Crippen molar-refractivity contribution in [1.82, 2.24) is 9.80 Å². The van der Waals surface area contributed by atoms with Crippen LogP contribution in [0.5, 0.6) is 5.75 Å². The van der Waals surface area contributed by atoms with E-state index in [4.69, 9.17) is 47.4 Å². The fourth-order valence-electron chi connectivity index (χ4n) is 5.01. The van der Waals surface area contributed by atoms with Crippen LogP contribution in [0.25, 0.3) is 0 Å². The minimum absolute atomic E-state index is 0.187. The molecule has 5 atom stereocenters. The van der Waals surface area contributed by atoms with Crippen LogP contribution in [0.15, 0.2) is 12.1 Å². The fraction of sp³-hybridized carbons (Fsp3) is 0.812. The Balaban J connectivity index is 1.09. The van der Waals surface area contributed by atoms with Crippen molar-refractivity contribution < 1.29 is 47.4 Å². The molecule has 5 unspecified atom stereocenters. The third kappa shape index (κ3) is 12.8. The zero-order chi connectivity index (χ0) is 30.0. The molecule has 44 heavy (non-hydrogen) atoms. The predicted molar refractivity (Wildman–Crippen MR) is 159 cm³/mol. The number of hydrogen-bond acceptors (Lipinski definition) is 12. The Morgan fingerprint density at radius 3 is 1.36 bits per heavy atom. The number of hydrogen-bond donors (Lipinski definition) is 0. The van der Waals surface area contributed by atoms with Gasteiger partial charge in [-0.05, 0) is 24.1 Å². The van der Waals surface area contributed by atoms with E-state index in [1.807, 2.05) is 0 Å². The first-order valence-corrected chi connectivity index (χ1v) is 16.3. The van der Waals surface area contributed by atoms with E-state index in [-0.39, 0.29) is 30.5 Å². The van der Waals surface area contributed by atoms with Crippen molar-refractivity contribution in [3.63, 3.8) is 0 Å².